The Morgan fingerprint density at radius 3 is 2.64 bits per heavy atom. The van der Waals surface area contributed by atoms with E-state index >= 15 is 0 Å². The zero-order chi connectivity index (χ0) is 17.5. The van der Waals surface area contributed by atoms with Gasteiger partial charge in [-0.05, 0) is 56.1 Å². The maximum absolute atomic E-state index is 13.0. The number of nitrogens with one attached hydrogen (secondary N) is 2. The molecule has 0 spiro atoms. The van der Waals surface area contributed by atoms with Crippen molar-refractivity contribution in [3.8, 4) is 0 Å². The fourth-order valence-corrected chi connectivity index (χ4v) is 3.62. The lowest BCUT2D eigenvalue weighted by molar-refractivity contribution is -0.121. The zero-order valence-electron chi connectivity index (χ0n) is 14.8. The molecule has 0 bridgehead atoms. The highest BCUT2D eigenvalue weighted by Crippen LogP contribution is 2.17. The van der Waals surface area contributed by atoms with Gasteiger partial charge in [0.15, 0.2) is 0 Å². The Morgan fingerprint density at radius 2 is 1.96 bits per heavy atom. The van der Waals surface area contributed by atoms with Crippen LogP contribution in [0.15, 0.2) is 24.3 Å². The van der Waals surface area contributed by atoms with Gasteiger partial charge in [0.1, 0.15) is 5.82 Å². The van der Waals surface area contributed by atoms with Crippen LogP contribution >= 0.6 is 0 Å². The van der Waals surface area contributed by atoms with Gasteiger partial charge < -0.3 is 15.5 Å². The molecule has 1 atom stereocenters. The molecule has 1 amide bonds. The predicted molar refractivity (Wildman–Crippen MR) is 98.3 cm³/mol. The second-order valence-electron chi connectivity index (χ2n) is 7.05. The number of carbonyl (C=O) groups is 1. The van der Waals surface area contributed by atoms with Gasteiger partial charge in [0, 0.05) is 51.4 Å². The highest BCUT2D eigenvalue weighted by atomic mass is 19.1. The first-order chi connectivity index (χ1) is 12.2. The van der Waals surface area contributed by atoms with Gasteiger partial charge in [-0.3, -0.25) is 9.69 Å². The summed E-state index contributed by atoms with van der Waals surface area (Å²) in [6.07, 6.45) is 2.84. The monoisotopic (exact) mass is 348 g/mol. The summed E-state index contributed by atoms with van der Waals surface area (Å²) in [5.74, 6) is 0.657. The van der Waals surface area contributed by atoms with Gasteiger partial charge in [0.05, 0.1) is 0 Å². The van der Waals surface area contributed by atoms with E-state index in [9.17, 15) is 9.18 Å². The Morgan fingerprint density at radius 1 is 1.20 bits per heavy atom. The topological polar surface area (TPSA) is 47.6 Å². The molecule has 3 rings (SSSR count). The molecule has 2 aliphatic rings. The third-order valence-corrected chi connectivity index (χ3v) is 5.26. The van der Waals surface area contributed by atoms with Gasteiger partial charge in [0.25, 0.3) is 0 Å². The summed E-state index contributed by atoms with van der Waals surface area (Å²) in [6.45, 7) is 7.60. The minimum absolute atomic E-state index is 0.178. The molecule has 2 N–H and O–H groups in total. The van der Waals surface area contributed by atoms with E-state index in [1.807, 2.05) is 12.1 Å². The van der Waals surface area contributed by atoms with Crippen molar-refractivity contribution in [2.45, 2.75) is 19.3 Å². The highest BCUT2D eigenvalue weighted by Gasteiger charge is 2.18. The van der Waals surface area contributed by atoms with Gasteiger partial charge >= 0.3 is 0 Å². The van der Waals surface area contributed by atoms with E-state index < -0.39 is 0 Å². The van der Waals surface area contributed by atoms with Crippen LogP contribution in [-0.2, 0) is 4.79 Å². The maximum Gasteiger partial charge on any atom is 0.220 e. The van der Waals surface area contributed by atoms with Crippen molar-refractivity contribution in [1.29, 1.82) is 0 Å². The van der Waals surface area contributed by atoms with E-state index in [0.717, 1.165) is 64.5 Å². The molecule has 0 aromatic heterocycles. The average Bonchev–Trinajstić information content (AvgIpc) is 3.15. The molecule has 0 aliphatic carbocycles. The lowest BCUT2D eigenvalue weighted by atomic mass is 10.0. The van der Waals surface area contributed by atoms with Gasteiger partial charge in [-0.15, -0.1) is 0 Å². The fraction of sp³-hybridized carbons (Fsp3) is 0.632. The number of amides is 1. The molecule has 2 aliphatic heterocycles. The lowest BCUT2D eigenvalue weighted by Gasteiger charge is -2.36. The van der Waals surface area contributed by atoms with Crippen LogP contribution in [0.4, 0.5) is 10.1 Å². The van der Waals surface area contributed by atoms with E-state index in [1.165, 1.54) is 18.6 Å². The normalized spacial score (nSPS) is 21.5. The van der Waals surface area contributed by atoms with Crippen molar-refractivity contribution in [2.75, 3.05) is 57.3 Å². The zero-order valence-corrected chi connectivity index (χ0v) is 14.8. The minimum Gasteiger partial charge on any atom is -0.369 e. The Hall–Kier alpha value is -1.66. The van der Waals surface area contributed by atoms with Crippen molar-refractivity contribution in [1.82, 2.24) is 15.5 Å². The van der Waals surface area contributed by atoms with E-state index in [-0.39, 0.29) is 11.7 Å². The SMILES string of the molecule is O=C(CCC1CCNC1)NCCN1CCN(c2ccc(F)cc2)CC1. The molecular formula is C19H29FN4O. The molecule has 6 heteroatoms. The number of hydrogen-bond donors (Lipinski definition) is 2. The van der Waals surface area contributed by atoms with E-state index in [0.29, 0.717) is 12.3 Å². The van der Waals surface area contributed by atoms with Crippen molar-refractivity contribution in [2.24, 2.45) is 5.92 Å². The molecule has 0 radical (unpaired) electrons. The summed E-state index contributed by atoms with van der Waals surface area (Å²) in [5.41, 5.74) is 1.08. The number of benzene rings is 1. The van der Waals surface area contributed by atoms with E-state index in [1.54, 1.807) is 0 Å². The number of carbonyl (C=O) groups excluding carboxylic acids is 1. The number of hydrogen-bond acceptors (Lipinski definition) is 4. The smallest absolute Gasteiger partial charge is 0.220 e. The van der Waals surface area contributed by atoms with Crippen LogP contribution in [0, 0.1) is 11.7 Å². The first kappa shape index (κ1) is 18.1. The third-order valence-electron chi connectivity index (χ3n) is 5.26. The van der Waals surface area contributed by atoms with Crippen LogP contribution < -0.4 is 15.5 Å². The van der Waals surface area contributed by atoms with Gasteiger partial charge in [0.2, 0.25) is 5.91 Å². The summed E-state index contributed by atoms with van der Waals surface area (Å²) in [4.78, 5) is 16.6. The molecule has 0 saturated carbocycles. The van der Waals surface area contributed by atoms with E-state index in [2.05, 4.69) is 20.4 Å². The fourth-order valence-electron chi connectivity index (χ4n) is 3.62. The molecule has 5 nitrogen and oxygen atoms in total. The molecule has 138 valence electrons. The minimum atomic E-state index is -0.192. The summed E-state index contributed by atoms with van der Waals surface area (Å²) in [7, 11) is 0. The van der Waals surface area contributed by atoms with E-state index in [4.69, 9.17) is 0 Å². The summed E-state index contributed by atoms with van der Waals surface area (Å²) >= 11 is 0. The van der Waals surface area contributed by atoms with Gasteiger partial charge in [-0.2, -0.15) is 0 Å². The quantitative estimate of drug-likeness (QED) is 0.783. The van der Waals surface area contributed by atoms with Crippen LogP contribution in [0.2, 0.25) is 0 Å². The Balaban J connectivity index is 1.28. The first-order valence-corrected chi connectivity index (χ1v) is 9.41. The standard InChI is InChI=1S/C19H29FN4O/c20-17-2-4-18(5-3-17)24-13-11-23(12-14-24)10-9-22-19(25)6-1-16-7-8-21-15-16/h2-5,16,21H,1,6-15H2,(H,22,25). The molecular weight excluding hydrogens is 319 g/mol. The number of anilines is 1. The van der Waals surface area contributed by atoms with Crippen molar-refractivity contribution in [3.05, 3.63) is 30.1 Å². The molecule has 2 saturated heterocycles. The molecule has 1 unspecified atom stereocenters. The number of halogens is 1. The molecule has 2 heterocycles. The summed E-state index contributed by atoms with van der Waals surface area (Å²) in [5, 5.41) is 6.39. The van der Waals surface area contributed by atoms with Crippen LogP contribution in [0.3, 0.4) is 0 Å². The molecule has 1 aromatic rings. The first-order valence-electron chi connectivity index (χ1n) is 9.41. The third kappa shape index (κ3) is 5.68. The summed E-state index contributed by atoms with van der Waals surface area (Å²) < 4.78 is 13.0. The maximum atomic E-state index is 13.0. The van der Waals surface area contributed by atoms with Crippen molar-refractivity contribution in [3.63, 3.8) is 0 Å². The van der Waals surface area contributed by atoms with Crippen LogP contribution in [0.1, 0.15) is 19.3 Å². The Bertz CT molecular complexity index is 537. The molecule has 25 heavy (non-hydrogen) atoms. The largest absolute Gasteiger partial charge is 0.369 e. The van der Waals surface area contributed by atoms with Crippen LogP contribution in [-0.4, -0.2) is 63.2 Å². The van der Waals surface area contributed by atoms with Gasteiger partial charge in [-0.1, -0.05) is 0 Å². The number of nitrogens with zero attached hydrogens (tertiary/aromatic N) is 2. The second kappa shape index (κ2) is 9.15. The average molecular weight is 348 g/mol. The summed E-state index contributed by atoms with van der Waals surface area (Å²) in [6, 6.07) is 6.70. The Kier molecular flexibility index (Phi) is 6.64. The number of rotatable bonds is 7. The van der Waals surface area contributed by atoms with Crippen molar-refractivity contribution >= 4 is 11.6 Å². The predicted octanol–water partition coefficient (Wildman–Crippen LogP) is 1.45. The highest BCUT2D eigenvalue weighted by molar-refractivity contribution is 5.75. The van der Waals surface area contributed by atoms with Crippen LogP contribution in [0.25, 0.3) is 0 Å². The molecule has 1 aromatic carbocycles. The van der Waals surface area contributed by atoms with Gasteiger partial charge in [-0.25, -0.2) is 4.39 Å². The lowest BCUT2D eigenvalue weighted by Crippen LogP contribution is -2.48. The Labute approximate surface area is 149 Å². The van der Waals surface area contributed by atoms with Crippen LogP contribution in [0.5, 0.6) is 0 Å². The molecule has 2 fully saturated rings. The second-order valence-corrected chi connectivity index (χ2v) is 7.05. The number of piperazine rings is 1. The van der Waals surface area contributed by atoms with Crippen molar-refractivity contribution < 1.29 is 9.18 Å².